The summed E-state index contributed by atoms with van der Waals surface area (Å²) in [6.45, 7) is 6.31. The summed E-state index contributed by atoms with van der Waals surface area (Å²) >= 11 is 0. The molecule has 1 unspecified atom stereocenters. The first-order valence-electron chi connectivity index (χ1n) is 6.85. The molecule has 0 saturated heterocycles. The van der Waals surface area contributed by atoms with E-state index in [1.165, 1.54) is 11.1 Å². The number of fused-ring (bicyclic) bond motifs is 1. The van der Waals surface area contributed by atoms with E-state index < -0.39 is 0 Å². The Morgan fingerprint density at radius 3 is 2.11 bits per heavy atom. The lowest BCUT2D eigenvalue weighted by Crippen LogP contribution is -2.32. The summed E-state index contributed by atoms with van der Waals surface area (Å²) in [6, 6.07) is 3.97. The lowest BCUT2D eigenvalue weighted by Gasteiger charge is -2.32. The predicted octanol–water partition coefficient (Wildman–Crippen LogP) is 3.38. The number of methoxy groups -OCH3 is 2. The van der Waals surface area contributed by atoms with Crippen molar-refractivity contribution in [2.75, 3.05) is 14.2 Å². The van der Waals surface area contributed by atoms with E-state index in [-0.39, 0.29) is 11.7 Å². The number of hydrogen-bond donors (Lipinski definition) is 0. The molecular formula is C16H24O3. The van der Waals surface area contributed by atoms with Crippen LogP contribution in [0.4, 0.5) is 0 Å². The molecule has 19 heavy (non-hydrogen) atoms. The van der Waals surface area contributed by atoms with Crippen LogP contribution in [-0.4, -0.2) is 25.9 Å². The molecule has 3 heteroatoms. The molecule has 1 aromatic rings. The van der Waals surface area contributed by atoms with Gasteiger partial charge in [0, 0.05) is 17.5 Å². The largest absolute Gasteiger partial charge is 0.496 e. The first-order chi connectivity index (χ1) is 8.94. The maximum absolute atomic E-state index is 6.11. The van der Waals surface area contributed by atoms with Gasteiger partial charge in [-0.1, -0.05) is 0 Å². The van der Waals surface area contributed by atoms with E-state index in [1.54, 1.807) is 14.2 Å². The van der Waals surface area contributed by atoms with Crippen molar-refractivity contribution in [3.05, 3.63) is 23.3 Å². The van der Waals surface area contributed by atoms with Gasteiger partial charge in [-0.2, -0.15) is 0 Å². The zero-order valence-electron chi connectivity index (χ0n) is 12.6. The molecule has 0 N–H and O–H groups in total. The van der Waals surface area contributed by atoms with Crippen molar-refractivity contribution >= 4 is 0 Å². The van der Waals surface area contributed by atoms with E-state index in [2.05, 4.69) is 20.8 Å². The molecular weight excluding hydrogens is 240 g/mol. The molecule has 2 rings (SSSR count). The molecule has 1 aliphatic carbocycles. The number of rotatable bonds is 3. The highest BCUT2D eigenvalue weighted by atomic mass is 16.5. The van der Waals surface area contributed by atoms with Crippen molar-refractivity contribution in [2.45, 2.75) is 51.7 Å². The van der Waals surface area contributed by atoms with Gasteiger partial charge >= 0.3 is 0 Å². The molecule has 0 radical (unpaired) electrons. The molecule has 1 aliphatic rings. The van der Waals surface area contributed by atoms with Gasteiger partial charge in [0.05, 0.1) is 25.9 Å². The fourth-order valence-corrected chi connectivity index (χ4v) is 2.77. The smallest absolute Gasteiger partial charge is 0.122 e. The Bertz CT molecular complexity index is 446. The molecule has 0 amide bonds. The second-order valence-electron chi connectivity index (χ2n) is 6.02. The van der Waals surface area contributed by atoms with Crippen LogP contribution >= 0.6 is 0 Å². The molecule has 1 aromatic carbocycles. The van der Waals surface area contributed by atoms with Crippen LogP contribution in [0, 0.1) is 0 Å². The topological polar surface area (TPSA) is 27.7 Å². The summed E-state index contributed by atoms with van der Waals surface area (Å²) in [6.07, 6.45) is 3.17. The van der Waals surface area contributed by atoms with Crippen LogP contribution in [0.1, 0.15) is 38.3 Å². The van der Waals surface area contributed by atoms with Crippen LogP contribution in [0.3, 0.4) is 0 Å². The van der Waals surface area contributed by atoms with Gasteiger partial charge in [0.15, 0.2) is 0 Å². The lowest BCUT2D eigenvalue weighted by molar-refractivity contribution is -0.0646. The van der Waals surface area contributed by atoms with Gasteiger partial charge in [0.2, 0.25) is 0 Å². The SMILES string of the molecule is COc1ccc(OC)c2c1CCC(OC(C)(C)C)C2. The molecule has 0 aliphatic heterocycles. The van der Waals surface area contributed by atoms with Crippen molar-refractivity contribution in [3.63, 3.8) is 0 Å². The van der Waals surface area contributed by atoms with Gasteiger partial charge in [0.1, 0.15) is 11.5 Å². The van der Waals surface area contributed by atoms with Gasteiger partial charge in [-0.25, -0.2) is 0 Å². The Morgan fingerprint density at radius 2 is 1.58 bits per heavy atom. The highest BCUT2D eigenvalue weighted by Crippen LogP contribution is 2.37. The van der Waals surface area contributed by atoms with Crippen molar-refractivity contribution in [2.24, 2.45) is 0 Å². The Labute approximate surface area is 115 Å². The van der Waals surface area contributed by atoms with Crippen molar-refractivity contribution < 1.29 is 14.2 Å². The van der Waals surface area contributed by atoms with E-state index in [0.29, 0.717) is 0 Å². The number of benzene rings is 1. The van der Waals surface area contributed by atoms with Crippen LogP contribution < -0.4 is 9.47 Å². The van der Waals surface area contributed by atoms with Crippen molar-refractivity contribution in [1.82, 2.24) is 0 Å². The van der Waals surface area contributed by atoms with Gasteiger partial charge in [-0.15, -0.1) is 0 Å². The van der Waals surface area contributed by atoms with Crippen molar-refractivity contribution in [3.8, 4) is 11.5 Å². The third-order valence-corrected chi connectivity index (χ3v) is 3.45. The minimum atomic E-state index is -0.103. The summed E-state index contributed by atoms with van der Waals surface area (Å²) in [5.74, 6) is 1.91. The lowest BCUT2D eigenvalue weighted by atomic mass is 9.88. The predicted molar refractivity (Wildman–Crippen MR) is 76.2 cm³/mol. The fraction of sp³-hybridized carbons (Fsp3) is 0.625. The quantitative estimate of drug-likeness (QED) is 0.837. The summed E-state index contributed by atoms with van der Waals surface area (Å²) in [5, 5.41) is 0. The third-order valence-electron chi connectivity index (χ3n) is 3.45. The summed E-state index contributed by atoms with van der Waals surface area (Å²) < 4.78 is 17.0. The maximum atomic E-state index is 6.11. The third kappa shape index (κ3) is 3.21. The van der Waals surface area contributed by atoms with E-state index in [1.807, 2.05) is 12.1 Å². The maximum Gasteiger partial charge on any atom is 0.122 e. The minimum absolute atomic E-state index is 0.103. The second-order valence-corrected chi connectivity index (χ2v) is 6.02. The van der Waals surface area contributed by atoms with E-state index >= 15 is 0 Å². The Kier molecular flexibility index (Phi) is 4.04. The first-order valence-corrected chi connectivity index (χ1v) is 6.85. The molecule has 0 aromatic heterocycles. The zero-order valence-corrected chi connectivity index (χ0v) is 12.6. The van der Waals surface area contributed by atoms with Gasteiger partial charge in [-0.05, 0) is 45.7 Å². The fourth-order valence-electron chi connectivity index (χ4n) is 2.77. The highest BCUT2D eigenvalue weighted by Gasteiger charge is 2.27. The van der Waals surface area contributed by atoms with Crippen LogP contribution in [0.5, 0.6) is 11.5 Å². The van der Waals surface area contributed by atoms with Gasteiger partial charge in [0.25, 0.3) is 0 Å². The van der Waals surface area contributed by atoms with Gasteiger partial charge < -0.3 is 14.2 Å². The van der Waals surface area contributed by atoms with E-state index in [9.17, 15) is 0 Å². The summed E-state index contributed by atoms with van der Waals surface area (Å²) in [5.41, 5.74) is 2.41. The Hall–Kier alpha value is -1.22. The minimum Gasteiger partial charge on any atom is -0.496 e. The molecule has 106 valence electrons. The van der Waals surface area contributed by atoms with Crippen LogP contribution in [0.15, 0.2) is 12.1 Å². The van der Waals surface area contributed by atoms with E-state index in [4.69, 9.17) is 14.2 Å². The normalized spacial score (nSPS) is 18.9. The molecule has 0 heterocycles. The van der Waals surface area contributed by atoms with Crippen molar-refractivity contribution in [1.29, 1.82) is 0 Å². The summed E-state index contributed by atoms with van der Waals surface area (Å²) in [7, 11) is 3.44. The molecule has 0 spiro atoms. The average molecular weight is 264 g/mol. The van der Waals surface area contributed by atoms with Crippen LogP contribution in [-0.2, 0) is 17.6 Å². The molecule has 0 saturated carbocycles. The molecule has 1 atom stereocenters. The zero-order chi connectivity index (χ0) is 14.0. The van der Waals surface area contributed by atoms with Gasteiger partial charge in [-0.3, -0.25) is 0 Å². The summed E-state index contributed by atoms with van der Waals surface area (Å²) in [4.78, 5) is 0. The second kappa shape index (κ2) is 5.41. The number of hydrogen-bond acceptors (Lipinski definition) is 3. The van der Waals surface area contributed by atoms with E-state index in [0.717, 1.165) is 30.8 Å². The standard InChI is InChI=1S/C16H24O3/c1-16(2,3)19-11-6-7-12-13(10-11)15(18-5)9-8-14(12)17-4/h8-9,11H,6-7,10H2,1-5H3. The van der Waals surface area contributed by atoms with Crippen LogP contribution in [0.2, 0.25) is 0 Å². The van der Waals surface area contributed by atoms with Crippen LogP contribution in [0.25, 0.3) is 0 Å². The highest BCUT2D eigenvalue weighted by molar-refractivity contribution is 5.50. The first kappa shape index (κ1) is 14.2. The Morgan fingerprint density at radius 1 is 1.00 bits per heavy atom. The monoisotopic (exact) mass is 264 g/mol. The average Bonchev–Trinajstić information content (AvgIpc) is 2.35. The molecule has 3 nitrogen and oxygen atoms in total. The number of ether oxygens (including phenoxy) is 3. The molecule has 0 fully saturated rings. The Balaban J connectivity index is 2.28. The molecule has 0 bridgehead atoms.